The summed E-state index contributed by atoms with van der Waals surface area (Å²) in [4.78, 5) is 22.8. The highest BCUT2D eigenvalue weighted by molar-refractivity contribution is 5.98. The maximum atomic E-state index is 15.4. The Bertz CT molecular complexity index is 1550. The van der Waals surface area contributed by atoms with Gasteiger partial charge in [-0.1, -0.05) is 6.07 Å². The van der Waals surface area contributed by atoms with Crippen molar-refractivity contribution in [2.45, 2.75) is 45.3 Å². The fourth-order valence-corrected chi connectivity index (χ4v) is 4.53. The molecule has 0 spiro atoms. The topological polar surface area (TPSA) is 108 Å². The average Bonchev–Trinajstić information content (AvgIpc) is 3.27. The van der Waals surface area contributed by atoms with Gasteiger partial charge in [-0.15, -0.1) is 0 Å². The van der Waals surface area contributed by atoms with Crippen LogP contribution in [0.4, 0.5) is 23.8 Å². The van der Waals surface area contributed by atoms with E-state index in [1.54, 1.807) is 30.4 Å². The molecule has 5 rings (SSSR count). The summed E-state index contributed by atoms with van der Waals surface area (Å²) in [5.74, 6) is -3.27. The number of halogens is 3. The highest BCUT2D eigenvalue weighted by Gasteiger charge is 2.31. The molecular weight excluding hydrogens is 513 g/mol. The molecule has 204 valence electrons. The number of carbonyl (C=O) groups excluding carboxylic acids is 1. The summed E-state index contributed by atoms with van der Waals surface area (Å²) in [6.07, 6.45) is 2.29. The standard InChI is InChI=1S/C27H27F3N6O3/c1-27(2,3)39-26(37)35-11-5-6-15(13-35)36-25-21(24(31)32-14-33-25)23(34-36)17-10-9-16(12-19(17)29)38-20-8-4-7-18(28)22(20)30/h4,7-10,12,14-15H,5-6,11,13H2,1-3H3,(H2,31,32,33)/t15-/m1/s1. The smallest absolute Gasteiger partial charge is 0.410 e. The fourth-order valence-electron chi connectivity index (χ4n) is 4.53. The first-order valence-electron chi connectivity index (χ1n) is 12.4. The van der Waals surface area contributed by atoms with Gasteiger partial charge < -0.3 is 20.1 Å². The highest BCUT2D eigenvalue weighted by Crippen LogP contribution is 2.37. The van der Waals surface area contributed by atoms with Crippen molar-refractivity contribution in [1.82, 2.24) is 24.6 Å². The fraction of sp³-hybridized carbons (Fsp3) is 0.333. The van der Waals surface area contributed by atoms with Gasteiger partial charge >= 0.3 is 6.09 Å². The minimum Gasteiger partial charge on any atom is -0.454 e. The van der Waals surface area contributed by atoms with Crippen molar-refractivity contribution < 1.29 is 27.4 Å². The lowest BCUT2D eigenvalue weighted by molar-refractivity contribution is 0.0169. The van der Waals surface area contributed by atoms with Gasteiger partial charge in [0.25, 0.3) is 0 Å². The minimum atomic E-state index is -1.18. The van der Waals surface area contributed by atoms with Crippen LogP contribution in [0.3, 0.4) is 0 Å². The number of aromatic nitrogens is 4. The highest BCUT2D eigenvalue weighted by atomic mass is 19.2. The van der Waals surface area contributed by atoms with Crippen LogP contribution in [0.5, 0.6) is 11.5 Å². The van der Waals surface area contributed by atoms with E-state index in [1.807, 2.05) is 0 Å². The summed E-state index contributed by atoms with van der Waals surface area (Å²) in [5, 5.41) is 5.03. The van der Waals surface area contributed by atoms with E-state index < -0.39 is 29.1 Å². The molecule has 0 bridgehead atoms. The van der Waals surface area contributed by atoms with Crippen LogP contribution in [-0.2, 0) is 4.74 Å². The van der Waals surface area contributed by atoms with E-state index in [0.29, 0.717) is 37.0 Å². The number of nitrogens with zero attached hydrogens (tertiary/aromatic N) is 5. The number of anilines is 1. The van der Waals surface area contributed by atoms with E-state index in [1.165, 1.54) is 30.6 Å². The van der Waals surface area contributed by atoms with Gasteiger partial charge in [-0.25, -0.2) is 28.2 Å². The van der Waals surface area contributed by atoms with Gasteiger partial charge in [0.15, 0.2) is 17.2 Å². The van der Waals surface area contributed by atoms with Gasteiger partial charge in [0.2, 0.25) is 5.82 Å². The molecule has 2 N–H and O–H groups in total. The number of benzene rings is 2. The molecule has 0 saturated carbocycles. The van der Waals surface area contributed by atoms with Crippen molar-refractivity contribution in [2.24, 2.45) is 0 Å². The second kappa shape index (κ2) is 10.1. The number of ether oxygens (including phenoxy) is 2. The number of hydrogen-bond donors (Lipinski definition) is 1. The van der Waals surface area contributed by atoms with E-state index in [0.717, 1.165) is 12.1 Å². The maximum absolute atomic E-state index is 15.4. The zero-order chi connectivity index (χ0) is 27.9. The lowest BCUT2D eigenvalue weighted by Crippen LogP contribution is -2.43. The maximum Gasteiger partial charge on any atom is 0.410 e. The Morgan fingerprint density at radius 1 is 1.10 bits per heavy atom. The molecule has 4 aromatic rings. The number of rotatable bonds is 4. The summed E-state index contributed by atoms with van der Waals surface area (Å²) in [6, 6.07) is 7.09. The predicted octanol–water partition coefficient (Wildman–Crippen LogP) is 5.86. The molecule has 1 amide bonds. The first-order valence-corrected chi connectivity index (χ1v) is 12.4. The molecule has 9 nitrogen and oxygen atoms in total. The molecule has 1 aliphatic heterocycles. The third kappa shape index (κ3) is 5.31. The number of hydrogen-bond acceptors (Lipinski definition) is 7. The van der Waals surface area contributed by atoms with Crippen LogP contribution < -0.4 is 10.5 Å². The number of nitrogens with two attached hydrogens (primary N) is 1. The largest absolute Gasteiger partial charge is 0.454 e. The van der Waals surface area contributed by atoms with Crippen LogP contribution in [0.2, 0.25) is 0 Å². The van der Waals surface area contributed by atoms with Gasteiger partial charge in [0.05, 0.1) is 11.4 Å². The number of fused-ring (bicyclic) bond motifs is 1. The Labute approximate surface area is 222 Å². The van der Waals surface area contributed by atoms with Gasteiger partial charge in [-0.05, 0) is 57.9 Å². The predicted molar refractivity (Wildman–Crippen MR) is 138 cm³/mol. The summed E-state index contributed by atoms with van der Waals surface area (Å²) >= 11 is 0. The van der Waals surface area contributed by atoms with Crippen molar-refractivity contribution in [3.05, 3.63) is 60.2 Å². The van der Waals surface area contributed by atoms with Gasteiger partial charge in [-0.2, -0.15) is 9.49 Å². The average molecular weight is 541 g/mol. The summed E-state index contributed by atoms with van der Waals surface area (Å²) in [5.41, 5.74) is 6.24. The Kier molecular flexibility index (Phi) is 6.79. The van der Waals surface area contributed by atoms with E-state index in [-0.39, 0.29) is 34.6 Å². The van der Waals surface area contributed by atoms with Crippen molar-refractivity contribution in [3.63, 3.8) is 0 Å². The van der Waals surface area contributed by atoms with Crippen LogP contribution in [0.25, 0.3) is 22.3 Å². The zero-order valence-electron chi connectivity index (χ0n) is 21.6. The van der Waals surface area contributed by atoms with E-state index >= 15 is 4.39 Å². The Hall–Kier alpha value is -4.35. The molecule has 0 aliphatic carbocycles. The second-order valence-electron chi connectivity index (χ2n) is 10.3. The van der Waals surface area contributed by atoms with E-state index in [9.17, 15) is 13.6 Å². The van der Waals surface area contributed by atoms with Crippen molar-refractivity contribution >= 4 is 22.9 Å². The van der Waals surface area contributed by atoms with Crippen LogP contribution in [0, 0.1) is 17.5 Å². The van der Waals surface area contributed by atoms with Crippen molar-refractivity contribution in [1.29, 1.82) is 0 Å². The molecule has 0 unspecified atom stereocenters. The Morgan fingerprint density at radius 2 is 1.90 bits per heavy atom. The first-order chi connectivity index (χ1) is 18.5. The second-order valence-corrected chi connectivity index (χ2v) is 10.3. The molecule has 2 aromatic heterocycles. The Balaban J connectivity index is 1.49. The number of nitrogen functional groups attached to an aromatic ring is 1. The van der Waals surface area contributed by atoms with Crippen LogP contribution in [-0.4, -0.2) is 49.4 Å². The molecule has 1 saturated heterocycles. The molecule has 3 heterocycles. The summed E-state index contributed by atoms with van der Waals surface area (Å²) in [6.45, 7) is 6.27. The number of carbonyl (C=O) groups is 1. The van der Waals surface area contributed by atoms with Crippen LogP contribution >= 0.6 is 0 Å². The summed E-state index contributed by atoms with van der Waals surface area (Å²) in [7, 11) is 0. The lowest BCUT2D eigenvalue weighted by atomic mass is 10.1. The molecule has 12 heteroatoms. The molecule has 1 fully saturated rings. The third-order valence-electron chi connectivity index (χ3n) is 6.25. The van der Waals surface area contributed by atoms with Crippen LogP contribution in [0.1, 0.15) is 39.7 Å². The molecular formula is C27H27F3N6O3. The molecule has 1 aliphatic rings. The first kappa shape index (κ1) is 26.3. The van der Waals surface area contributed by atoms with Crippen molar-refractivity contribution in [3.8, 4) is 22.8 Å². The van der Waals surface area contributed by atoms with E-state index in [2.05, 4.69) is 15.1 Å². The number of amides is 1. The summed E-state index contributed by atoms with van der Waals surface area (Å²) < 4.78 is 55.5. The van der Waals surface area contributed by atoms with E-state index in [4.69, 9.17) is 15.2 Å². The van der Waals surface area contributed by atoms with Gasteiger partial charge in [-0.3, -0.25) is 0 Å². The molecule has 2 aromatic carbocycles. The van der Waals surface area contributed by atoms with Gasteiger partial charge in [0, 0.05) is 24.7 Å². The van der Waals surface area contributed by atoms with Gasteiger partial charge in [0.1, 0.15) is 35.0 Å². The normalized spacial score (nSPS) is 15.9. The van der Waals surface area contributed by atoms with Crippen molar-refractivity contribution in [2.75, 3.05) is 18.8 Å². The number of piperidine rings is 1. The lowest BCUT2D eigenvalue weighted by Gasteiger charge is -2.34. The molecule has 0 radical (unpaired) electrons. The molecule has 1 atom stereocenters. The minimum absolute atomic E-state index is 0.0333. The monoisotopic (exact) mass is 540 g/mol. The SMILES string of the molecule is CC(C)(C)OC(=O)N1CCC[C@@H](n2nc(-c3ccc(Oc4cccc(F)c4F)cc3F)c3c(N)ncnc32)C1. The quantitative estimate of drug-likeness (QED) is 0.346. The number of likely N-dealkylation sites (tertiary alicyclic amines) is 1. The van der Waals surface area contributed by atoms with Crippen LogP contribution in [0.15, 0.2) is 42.7 Å². The Morgan fingerprint density at radius 3 is 2.64 bits per heavy atom. The molecule has 39 heavy (non-hydrogen) atoms. The third-order valence-corrected chi connectivity index (χ3v) is 6.25. The zero-order valence-corrected chi connectivity index (χ0v) is 21.6.